The Morgan fingerprint density at radius 3 is 2.00 bits per heavy atom. The number of aliphatic carboxylic acids is 1. The average Bonchev–Trinajstić information content (AvgIpc) is 2.82. The van der Waals surface area contributed by atoms with Crippen LogP contribution >= 0.6 is 0 Å². The third-order valence-electron chi connectivity index (χ3n) is 4.47. The van der Waals surface area contributed by atoms with E-state index >= 15 is 0 Å². The molecule has 0 saturated heterocycles. The van der Waals surface area contributed by atoms with Gasteiger partial charge in [0.05, 0.1) is 6.42 Å². The molecule has 0 heterocycles. The molecule has 3 amide bonds. The standard InChI is InChI=1S/C24H23N3O5.C2H6/c1-16-4-2-3-5-21(16)27-24(31)26-19-8-6-17(7-9-19)14-22(28)25-18-10-12-20(13-11-18)32-15-23(29)30;1-2/h2-13H,14-15H2,1H3,(H,25,28)(H,29,30)(H2,26,27,31);1-2H3. The first kappa shape index (κ1) is 25.9. The van der Waals surface area contributed by atoms with Crippen LogP contribution in [0, 0.1) is 6.92 Å². The largest absolute Gasteiger partial charge is 0.482 e. The molecule has 0 atom stereocenters. The first-order valence-corrected chi connectivity index (χ1v) is 10.9. The van der Waals surface area contributed by atoms with Crippen molar-refractivity contribution in [1.29, 1.82) is 0 Å². The van der Waals surface area contributed by atoms with E-state index in [2.05, 4.69) is 16.0 Å². The second kappa shape index (κ2) is 13.3. The number of para-hydroxylation sites is 1. The minimum absolute atomic E-state index is 0.160. The lowest BCUT2D eigenvalue weighted by Gasteiger charge is -2.10. The van der Waals surface area contributed by atoms with Crippen LogP contribution in [0.1, 0.15) is 25.0 Å². The van der Waals surface area contributed by atoms with Crippen LogP contribution in [0.5, 0.6) is 5.75 Å². The molecule has 8 nitrogen and oxygen atoms in total. The number of carbonyl (C=O) groups excluding carboxylic acids is 2. The summed E-state index contributed by atoms with van der Waals surface area (Å²) >= 11 is 0. The van der Waals surface area contributed by atoms with E-state index in [9.17, 15) is 14.4 Å². The number of anilines is 3. The number of hydrogen-bond acceptors (Lipinski definition) is 4. The monoisotopic (exact) mass is 463 g/mol. The first-order valence-electron chi connectivity index (χ1n) is 10.9. The Hall–Kier alpha value is -4.33. The lowest BCUT2D eigenvalue weighted by molar-refractivity contribution is -0.139. The highest BCUT2D eigenvalue weighted by Gasteiger charge is 2.07. The highest BCUT2D eigenvalue weighted by molar-refractivity contribution is 6.00. The summed E-state index contributed by atoms with van der Waals surface area (Å²) < 4.78 is 5.05. The van der Waals surface area contributed by atoms with Crippen molar-refractivity contribution in [3.05, 3.63) is 83.9 Å². The Balaban J connectivity index is 0.00000199. The molecule has 0 radical (unpaired) electrons. The third kappa shape index (κ3) is 8.66. The number of aryl methyl sites for hydroxylation is 1. The van der Waals surface area contributed by atoms with Gasteiger partial charge < -0.3 is 25.8 Å². The van der Waals surface area contributed by atoms with E-state index in [1.54, 1.807) is 48.5 Å². The van der Waals surface area contributed by atoms with E-state index in [-0.39, 0.29) is 18.4 Å². The number of hydrogen-bond donors (Lipinski definition) is 4. The Kier molecular flexibility index (Phi) is 10.1. The predicted octanol–water partition coefficient (Wildman–Crippen LogP) is 5.31. The summed E-state index contributed by atoms with van der Waals surface area (Å²) in [6, 6.07) is 20.6. The molecule has 0 aromatic heterocycles. The fraction of sp³-hybridized carbons (Fsp3) is 0.192. The fourth-order valence-electron chi connectivity index (χ4n) is 2.87. The third-order valence-corrected chi connectivity index (χ3v) is 4.47. The number of benzene rings is 3. The highest BCUT2D eigenvalue weighted by Crippen LogP contribution is 2.17. The van der Waals surface area contributed by atoms with E-state index in [0.717, 1.165) is 16.8 Å². The van der Waals surface area contributed by atoms with E-state index in [4.69, 9.17) is 9.84 Å². The van der Waals surface area contributed by atoms with E-state index in [1.165, 1.54) is 0 Å². The second-order valence-electron chi connectivity index (χ2n) is 7.02. The molecule has 178 valence electrons. The van der Waals surface area contributed by atoms with Crippen molar-refractivity contribution in [2.75, 3.05) is 22.6 Å². The quantitative estimate of drug-likeness (QED) is 0.361. The molecule has 3 aromatic rings. The smallest absolute Gasteiger partial charge is 0.341 e. The Morgan fingerprint density at radius 1 is 0.794 bits per heavy atom. The number of nitrogens with one attached hydrogen (secondary N) is 3. The molecular weight excluding hydrogens is 434 g/mol. The molecule has 0 unspecified atom stereocenters. The zero-order chi connectivity index (χ0) is 24.9. The summed E-state index contributed by atoms with van der Waals surface area (Å²) in [6.45, 7) is 5.49. The number of ether oxygens (including phenoxy) is 1. The van der Waals surface area contributed by atoms with Crippen molar-refractivity contribution in [1.82, 2.24) is 0 Å². The number of urea groups is 1. The summed E-state index contributed by atoms with van der Waals surface area (Å²) in [4.78, 5) is 35.0. The molecule has 8 heteroatoms. The van der Waals surface area contributed by atoms with E-state index < -0.39 is 12.6 Å². The van der Waals surface area contributed by atoms with Crippen LogP contribution in [0.25, 0.3) is 0 Å². The lowest BCUT2D eigenvalue weighted by atomic mass is 10.1. The van der Waals surface area contributed by atoms with Gasteiger partial charge in [0.15, 0.2) is 6.61 Å². The van der Waals surface area contributed by atoms with Crippen molar-refractivity contribution in [2.24, 2.45) is 0 Å². The van der Waals surface area contributed by atoms with Crippen LogP contribution in [0.15, 0.2) is 72.8 Å². The Bertz CT molecular complexity index is 1100. The van der Waals surface area contributed by atoms with Gasteiger partial charge in [0.2, 0.25) is 5.91 Å². The number of carboxylic acid groups (broad SMARTS) is 1. The Morgan fingerprint density at radius 2 is 1.38 bits per heavy atom. The van der Waals surface area contributed by atoms with E-state index in [1.807, 2.05) is 45.0 Å². The van der Waals surface area contributed by atoms with Gasteiger partial charge in [-0.15, -0.1) is 0 Å². The summed E-state index contributed by atoms with van der Waals surface area (Å²) in [6.07, 6.45) is 0.160. The molecule has 34 heavy (non-hydrogen) atoms. The summed E-state index contributed by atoms with van der Waals surface area (Å²) in [7, 11) is 0. The number of amides is 3. The molecule has 0 aliphatic carbocycles. The molecule has 0 bridgehead atoms. The van der Waals surface area contributed by atoms with Crippen LogP contribution in [-0.4, -0.2) is 29.6 Å². The first-order chi connectivity index (χ1) is 16.4. The average molecular weight is 464 g/mol. The minimum Gasteiger partial charge on any atom is -0.482 e. The van der Waals surface area contributed by atoms with Crippen LogP contribution < -0.4 is 20.7 Å². The number of rotatable bonds is 8. The van der Waals surface area contributed by atoms with Crippen molar-refractivity contribution >= 4 is 35.0 Å². The molecular formula is C26H29N3O5. The maximum Gasteiger partial charge on any atom is 0.341 e. The van der Waals surface area contributed by atoms with Gasteiger partial charge in [0.1, 0.15) is 5.75 Å². The molecule has 0 saturated carbocycles. The van der Waals surface area contributed by atoms with Gasteiger partial charge in [-0.25, -0.2) is 9.59 Å². The molecule has 4 N–H and O–H groups in total. The zero-order valence-electron chi connectivity index (χ0n) is 19.4. The summed E-state index contributed by atoms with van der Waals surface area (Å²) in [5.74, 6) is -0.863. The van der Waals surface area contributed by atoms with Crippen molar-refractivity contribution in [3.8, 4) is 5.75 Å². The maximum atomic E-state index is 12.3. The summed E-state index contributed by atoms with van der Waals surface area (Å²) in [5.41, 5.74) is 3.67. The van der Waals surface area contributed by atoms with Crippen LogP contribution in [0.4, 0.5) is 21.9 Å². The summed E-state index contributed by atoms with van der Waals surface area (Å²) in [5, 5.41) is 16.9. The second-order valence-corrected chi connectivity index (χ2v) is 7.02. The minimum atomic E-state index is -1.06. The van der Waals surface area contributed by atoms with Crippen LogP contribution in [-0.2, 0) is 16.0 Å². The van der Waals surface area contributed by atoms with Crippen molar-refractivity contribution in [2.45, 2.75) is 27.2 Å². The molecule has 0 aliphatic heterocycles. The van der Waals surface area contributed by atoms with Gasteiger partial charge in [-0.1, -0.05) is 44.2 Å². The van der Waals surface area contributed by atoms with Crippen LogP contribution in [0.2, 0.25) is 0 Å². The van der Waals surface area contributed by atoms with Crippen molar-refractivity contribution in [3.63, 3.8) is 0 Å². The SMILES string of the molecule is CC.Cc1ccccc1NC(=O)Nc1ccc(CC(=O)Nc2ccc(OCC(=O)O)cc2)cc1. The fourth-order valence-corrected chi connectivity index (χ4v) is 2.87. The van der Waals surface area contributed by atoms with Gasteiger partial charge in [-0.3, -0.25) is 4.79 Å². The van der Waals surface area contributed by atoms with Gasteiger partial charge in [-0.2, -0.15) is 0 Å². The van der Waals surface area contributed by atoms with Gasteiger partial charge in [-0.05, 0) is 60.5 Å². The molecule has 3 rings (SSSR count). The predicted molar refractivity (Wildman–Crippen MR) is 134 cm³/mol. The topological polar surface area (TPSA) is 117 Å². The zero-order valence-corrected chi connectivity index (χ0v) is 19.4. The van der Waals surface area contributed by atoms with Crippen molar-refractivity contribution < 1.29 is 24.2 Å². The molecule has 0 fully saturated rings. The number of carboxylic acids is 1. The van der Waals surface area contributed by atoms with Gasteiger partial charge in [0, 0.05) is 17.1 Å². The maximum absolute atomic E-state index is 12.3. The Labute approximate surface area is 199 Å². The van der Waals surface area contributed by atoms with Gasteiger partial charge >= 0.3 is 12.0 Å². The highest BCUT2D eigenvalue weighted by atomic mass is 16.5. The molecule has 3 aromatic carbocycles. The number of carbonyl (C=O) groups is 3. The van der Waals surface area contributed by atoms with Gasteiger partial charge in [0.25, 0.3) is 0 Å². The molecule has 0 aliphatic rings. The molecule has 0 spiro atoms. The van der Waals surface area contributed by atoms with E-state index in [0.29, 0.717) is 17.1 Å². The normalized spacial score (nSPS) is 9.74. The van der Waals surface area contributed by atoms with Crippen LogP contribution in [0.3, 0.4) is 0 Å². The lowest BCUT2D eigenvalue weighted by Crippen LogP contribution is -2.20.